The Morgan fingerprint density at radius 1 is 0.903 bits per heavy atom. The maximum absolute atomic E-state index is 12.7. The summed E-state index contributed by atoms with van der Waals surface area (Å²) < 4.78 is 16.4. The Morgan fingerprint density at radius 2 is 1.55 bits per heavy atom. The largest absolute Gasteiger partial charge is 0.494 e. The van der Waals surface area contributed by atoms with Crippen LogP contribution in [0.3, 0.4) is 0 Å². The number of rotatable bonds is 12. The molecule has 2 aromatic rings. The van der Waals surface area contributed by atoms with Crippen molar-refractivity contribution < 1.29 is 23.8 Å². The summed E-state index contributed by atoms with van der Waals surface area (Å²) in [7, 11) is 0. The molecule has 3 rings (SSSR count). The third kappa shape index (κ3) is 6.58. The molecule has 5 heteroatoms. The molecule has 0 spiro atoms. The first-order valence-electron chi connectivity index (χ1n) is 11.2. The second-order valence-electron chi connectivity index (χ2n) is 8.23. The van der Waals surface area contributed by atoms with Gasteiger partial charge in [-0.25, -0.2) is 0 Å². The predicted octanol–water partition coefficient (Wildman–Crippen LogP) is 5.84. The SMILES string of the molecule is Cc1c(OCCCCOc2ccc(OC=O)cc2)ccc(C(=O)CC2CCCC2)c1C. The molecule has 0 unspecified atom stereocenters. The van der Waals surface area contributed by atoms with Crippen LogP contribution in [0.15, 0.2) is 36.4 Å². The molecular weight excluding hydrogens is 392 g/mol. The Labute approximate surface area is 184 Å². The number of benzene rings is 2. The van der Waals surface area contributed by atoms with Crippen molar-refractivity contribution in [3.8, 4) is 17.2 Å². The zero-order valence-electron chi connectivity index (χ0n) is 18.5. The van der Waals surface area contributed by atoms with Gasteiger partial charge in [0.25, 0.3) is 6.47 Å². The van der Waals surface area contributed by atoms with Crippen molar-refractivity contribution in [2.45, 2.75) is 58.8 Å². The number of unbranched alkanes of at least 4 members (excludes halogenated alkanes) is 1. The minimum absolute atomic E-state index is 0.266. The average molecular weight is 425 g/mol. The van der Waals surface area contributed by atoms with Crippen LogP contribution in [0, 0.1) is 19.8 Å². The predicted molar refractivity (Wildman–Crippen MR) is 120 cm³/mol. The summed E-state index contributed by atoms with van der Waals surface area (Å²) in [6.07, 6.45) is 7.30. The highest BCUT2D eigenvalue weighted by Gasteiger charge is 2.21. The summed E-state index contributed by atoms with van der Waals surface area (Å²) in [5, 5.41) is 0. The van der Waals surface area contributed by atoms with Gasteiger partial charge >= 0.3 is 0 Å². The highest BCUT2D eigenvalue weighted by Crippen LogP contribution is 2.31. The van der Waals surface area contributed by atoms with Crippen molar-refractivity contribution in [3.05, 3.63) is 53.1 Å². The lowest BCUT2D eigenvalue weighted by Crippen LogP contribution is -2.09. The van der Waals surface area contributed by atoms with Crippen molar-refractivity contribution >= 4 is 12.3 Å². The van der Waals surface area contributed by atoms with Crippen molar-refractivity contribution in [2.75, 3.05) is 13.2 Å². The third-order valence-electron chi connectivity index (χ3n) is 6.06. The van der Waals surface area contributed by atoms with E-state index in [2.05, 4.69) is 0 Å². The number of hydrogen-bond donors (Lipinski definition) is 0. The number of hydrogen-bond acceptors (Lipinski definition) is 5. The molecule has 0 aromatic heterocycles. The number of ether oxygens (including phenoxy) is 3. The van der Waals surface area contributed by atoms with Crippen LogP contribution in [0.2, 0.25) is 0 Å². The molecule has 0 heterocycles. The van der Waals surface area contributed by atoms with E-state index in [4.69, 9.17) is 14.2 Å². The summed E-state index contributed by atoms with van der Waals surface area (Å²) in [5.74, 6) is 2.91. The maximum atomic E-state index is 12.7. The van der Waals surface area contributed by atoms with Gasteiger partial charge in [-0.3, -0.25) is 9.59 Å². The first kappa shape index (κ1) is 22.9. The Hall–Kier alpha value is -2.82. The van der Waals surface area contributed by atoms with Crippen LogP contribution < -0.4 is 14.2 Å². The van der Waals surface area contributed by atoms with E-state index in [-0.39, 0.29) is 5.78 Å². The highest BCUT2D eigenvalue weighted by molar-refractivity contribution is 5.98. The molecule has 0 aliphatic heterocycles. The van der Waals surface area contributed by atoms with E-state index in [0.29, 0.717) is 37.8 Å². The van der Waals surface area contributed by atoms with E-state index in [1.165, 1.54) is 25.7 Å². The van der Waals surface area contributed by atoms with E-state index in [1.807, 2.05) is 26.0 Å². The van der Waals surface area contributed by atoms with Gasteiger partial charge in [0.15, 0.2) is 5.78 Å². The Morgan fingerprint density at radius 3 is 2.23 bits per heavy atom. The van der Waals surface area contributed by atoms with Gasteiger partial charge in [0.2, 0.25) is 0 Å². The number of carbonyl (C=O) groups excluding carboxylic acids is 2. The second kappa shape index (κ2) is 11.5. The molecule has 0 saturated heterocycles. The molecule has 2 aromatic carbocycles. The van der Waals surface area contributed by atoms with Crippen LogP contribution in [0.5, 0.6) is 17.2 Å². The van der Waals surface area contributed by atoms with Crippen molar-refractivity contribution in [1.29, 1.82) is 0 Å². The zero-order chi connectivity index (χ0) is 22.1. The Kier molecular flexibility index (Phi) is 8.51. The molecule has 0 amide bonds. The van der Waals surface area contributed by atoms with Crippen LogP contribution in [0.4, 0.5) is 0 Å². The minimum atomic E-state index is 0.266. The van der Waals surface area contributed by atoms with Crippen LogP contribution >= 0.6 is 0 Å². The molecule has 166 valence electrons. The molecule has 31 heavy (non-hydrogen) atoms. The fourth-order valence-electron chi connectivity index (χ4n) is 4.09. The molecule has 0 atom stereocenters. The van der Waals surface area contributed by atoms with Crippen LogP contribution in [-0.2, 0) is 4.79 Å². The third-order valence-corrected chi connectivity index (χ3v) is 6.06. The van der Waals surface area contributed by atoms with Gasteiger partial charge in [0, 0.05) is 12.0 Å². The molecule has 1 fully saturated rings. The number of carbonyl (C=O) groups is 2. The maximum Gasteiger partial charge on any atom is 0.298 e. The first-order chi connectivity index (χ1) is 15.1. The van der Waals surface area contributed by atoms with E-state index in [1.54, 1.807) is 24.3 Å². The van der Waals surface area contributed by atoms with E-state index >= 15 is 0 Å². The van der Waals surface area contributed by atoms with Crippen molar-refractivity contribution in [1.82, 2.24) is 0 Å². The first-order valence-corrected chi connectivity index (χ1v) is 11.2. The van der Waals surface area contributed by atoms with Gasteiger partial charge in [0.05, 0.1) is 13.2 Å². The fraction of sp³-hybridized carbons (Fsp3) is 0.462. The quantitative estimate of drug-likeness (QED) is 0.243. The van der Waals surface area contributed by atoms with Crippen molar-refractivity contribution in [3.63, 3.8) is 0 Å². The smallest absolute Gasteiger partial charge is 0.298 e. The molecule has 0 N–H and O–H groups in total. The van der Waals surface area contributed by atoms with Crippen LogP contribution in [0.1, 0.15) is 66.4 Å². The Bertz CT molecular complexity index is 866. The van der Waals surface area contributed by atoms with Gasteiger partial charge in [-0.2, -0.15) is 0 Å². The Balaban J connectivity index is 1.40. The van der Waals surface area contributed by atoms with Gasteiger partial charge in [0.1, 0.15) is 17.2 Å². The average Bonchev–Trinajstić information content (AvgIpc) is 3.27. The lowest BCUT2D eigenvalue weighted by Gasteiger charge is -2.15. The van der Waals surface area contributed by atoms with E-state index in [0.717, 1.165) is 41.0 Å². The molecule has 1 saturated carbocycles. The molecule has 5 nitrogen and oxygen atoms in total. The lowest BCUT2D eigenvalue weighted by molar-refractivity contribution is -0.120. The lowest BCUT2D eigenvalue weighted by atomic mass is 9.92. The molecule has 1 aliphatic carbocycles. The summed E-state index contributed by atoms with van der Waals surface area (Å²) in [5.41, 5.74) is 2.92. The monoisotopic (exact) mass is 424 g/mol. The molecule has 0 radical (unpaired) electrons. The summed E-state index contributed by atoms with van der Waals surface area (Å²) in [6, 6.07) is 10.8. The molecule has 1 aliphatic rings. The van der Waals surface area contributed by atoms with Gasteiger partial charge in [-0.1, -0.05) is 25.7 Å². The molecule has 0 bridgehead atoms. The summed E-state index contributed by atoms with van der Waals surface area (Å²) in [4.78, 5) is 23.0. The van der Waals surface area contributed by atoms with E-state index < -0.39 is 0 Å². The zero-order valence-corrected chi connectivity index (χ0v) is 18.5. The fourth-order valence-corrected chi connectivity index (χ4v) is 4.09. The highest BCUT2D eigenvalue weighted by atomic mass is 16.5. The van der Waals surface area contributed by atoms with Gasteiger partial charge in [-0.05, 0) is 80.1 Å². The minimum Gasteiger partial charge on any atom is -0.494 e. The summed E-state index contributed by atoms with van der Waals surface area (Å²) >= 11 is 0. The van der Waals surface area contributed by atoms with E-state index in [9.17, 15) is 9.59 Å². The topological polar surface area (TPSA) is 61.8 Å². The van der Waals surface area contributed by atoms with Crippen molar-refractivity contribution in [2.24, 2.45) is 5.92 Å². The van der Waals surface area contributed by atoms with Gasteiger partial charge < -0.3 is 14.2 Å². The van der Waals surface area contributed by atoms with Crippen LogP contribution in [-0.4, -0.2) is 25.5 Å². The number of Topliss-reactive ketones (excluding diaryl/α,β-unsaturated/α-hetero) is 1. The standard InChI is InChI=1S/C26H32O5/c1-19-20(2)26(14-13-24(19)25(28)17-21-7-3-4-8-21)30-16-6-5-15-29-22-9-11-23(12-10-22)31-18-27/h9-14,18,21H,3-8,15-17H2,1-2H3. The summed E-state index contributed by atoms with van der Waals surface area (Å²) in [6.45, 7) is 5.64. The van der Waals surface area contributed by atoms with Gasteiger partial charge in [-0.15, -0.1) is 0 Å². The normalized spacial score (nSPS) is 13.7. The second-order valence-corrected chi connectivity index (χ2v) is 8.23. The number of ketones is 1. The van der Waals surface area contributed by atoms with Crippen LogP contribution in [0.25, 0.3) is 0 Å². The molecular formula is C26H32O5.